The fraction of sp³-hybridized carbons (Fsp3) is 0.357. The monoisotopic (exact) mass is 347 g/mol. The first-order chi connectivity index (χ1) is 10.5. The van der Waals surface area contributed by atoms with Crippen molar-refractivity contribution in [3.63, 3.8) is 0 Å². The Hall–Kier alpha value is -2.03. The lowest BCUT2D eigenvalue weighted by Crippen LogP contribution is -2.18. The van der Waals surface area contributed by atoms with E-state index >= 15 is 0 Å². The largest absolute Gasteiger partial charge is 0.408 e. The van der Waals surface area contributed by atoms with Crippen molar-refractivity contribution in [1.29, 1.82) is 0 Å². The summed E-state index contributed by atoms with van der Waals surface area (Å²) >= 11 is 0. The lowest BCUT2D eigenvalue weighted by atomic mass is 10.1. The molecule has 9 heteroatoms. The average molecular weight is 347 g/mol. The number of sulfone groups is 1. The third-order valence-corrected chi connectivity index (χ3v) is 4.28. The van der Waals surface area contributed by atoms with E-state index < -0.39 is 22.6 Å². The van der Waals surface area contributed by atoms with Gasteiger partial charge >= 0.3 is 6.18 Å². The number of aromatic nitrogens is 2. The second kappa shape index (κ2) is 6.23. The summed E-state index contributed by atoms with van der Waals surface area (Å²) in [6.45, 7) is 0.657. The molecule has 0 aliphatic rings. The molecule has 0 aliphatic carbocycles. The van der Waals surface area contributed by atoms with E-state index in [1.54, 1.807) is 19.1 Å². The van der Waals surface area contributed by atoms with E-state index in [-0.39, 0.29) is 10.9 Å². The smallest absolute Gasteiger partial charge is 0.362 e. The summed E-state index contributed by atoms with van der Waals surface area (Å²) in [7, 11) is -3.26. The number of hydrogen-bond acceptors (Lipinski definition) is 4. The van der Waals surface area contributed by atoms with Crippen LogP contribution < -0.4 is 5.32 Å². The van der Waals surface area contributed by atoms with Crippen LogP contribution in [0, 0.1) is 0 Å². The Morgan fingerprint density at radius 2 is 1.83 bits per heavy atom. The lowest BCUT2D eigenvalue weighted by molar-refractivity contribution is -0.142. The molecular weight excluding hydrogens is 331 g/mol. The van der Waals surface area contributed by atoms with Gasteiger partial charge in [-0.3, -0.25) is 4.68 Å². The molecule has 0 radical (unpaired) electrons. The number of alkyl halides is 3. The molecule has 0 spiro atoms. The van der Waals surface area contributed by atoms with Gasteiger partial charge in [0.05, 0.1) is 4.90 Å². The first-order valence-corrected chi connectivity index (χ1v) is 8.60. The minimum atomic E-state index is -4.32. The molecule has 1 N–H and O–H groups in total. The molecule has 0 amide bonds. The molecule has 126 valence electrons. The molecule has 1 aromatic carbocycles. The molecule has 0 aliphatic heterocycles. The van der Waals surface area contributed by atoms with E-state index in [1.165, 1.54) is 24.4 Å². The molecule has 0 unspecified atom stereocenters. The van der Waals surface area contributed by atoms with Crippen LogP contribution in [-0.4, -0.2) is 30.6 Å². The van der Waals surface area contributed by atoms with E-state index in [9.17, 15) is 21.6 Å². The van der Waals surface area contributed by atoms with Crippen molar-refractivity contribution in [2.75, 3.05) is 11.6 Å². The highest BCUT2D eigenvalue weighted by atomic mass is 32.2. The number of anilines is 1. The molecule has 23 heavy (non-hydrogen) atoms. The zero-order chi connectivity index (χ0) is 17.3. The molecule has 0 fully saturated rings. The summed E-state index contributed by atoms with van der Waals surface area (Å²) in [5.74, 6) is 0.314. The third kappa shape index (κ3) is 4.98. The minimum Gasteiger partial charge on any atom is -0.362 e. The molecule has 1 atom stereocenters. The molecule has 1 heterocycles. The Balaban J connectivity index is 2.06. The Kier molecular flexibility index (Phi) is 4.69. The lowest BCUT2D eigenvalue weighted by Gasteiger charge is -2.14. The number of rotatable bonds is 5. The number of hydrogen-bond donors (Lipinski definition) is 1. The molecule has 0 bridgehead atoms. The predicted octanol–water partition coefficient (Wildman–Crippen LogP) is 3.02. The Bertz CT molecular complexity index is 767. The van der Waals surface area contributed by atoms with Crippen LogP contribution in [-0.2, 0) is 16.4 Å². The van der Waals surface area contributed by atoms with E-state index in [2.05, 4.69) is 10.4 Å². The van der Waals surface area contributed by atoms with Gasteiger partial charge in [0.25, 0.3) is 0 Å². The SMILES string of the molecule is C[C@@H](Nc1ccn(CC(F)(F)F)n1)c1ccc(S(C)(=O)=O)cc1. The number of nitrogens with zero attached hydrogens (tertiary/aromatic N) is 2. The minimum absolute atomic E-state index is 0.211. The highest BCUT2D eigenvalue weighted by Crippen LogP contribution is 2.21. The van der Waals surface area contributed by atoms with Crippen LogP contribution in [0.15, 0.2) is 41.4 Å². The molecule has 5 nitrogen and oxygen atoms in total. The molecule has 0 saturated heterocycles. The fourth-order valence-electron chi connectivity index (χ4n) is 2.02. The van der Waals surface area contributed by atoms with Crippen LogP contribution in [0.4, 0.5) is 19.0 Å². The van der Waals surface area contributed by atoms with Gasteiger partial charge in [-0.1, -0.05) is 12.1 Å². The summed E-state index contributed by atoms with van der Waals surface area (Å²) in [4.78, 5) is 0.211. The van der Waals surface area contributed by atoms with Crippen molar-refractivity contribution in [2.45, 2.75) is 30.6 Å². The summed E-state index contributed by atoms with van der Waals surface area (Å²) < 4.78 is 60.5. The van der Waals surface area contributed by atoms with Crippen molar-refractivity contribution in [3.8, 4) is 0 Å². The maximum Gasteiger partial charge on any atom is 0.408 e. The summed E-state index contributed by atoms with van der Waals surface area (Å²) in [5, 5.41) is 6.78. The van der Waals surface area contributed by atoms with E-state index in [1.807, 2.05) is 0 Å². The number of benzene rings is 1. The van der Waals surface area contributed by atoms with Gasteiger partial charge in [-0.05, 0) is 24.6 Å². The van der Waals surface area contributed by atoms with Crippen LogP contribution in [0.3, 0.4) is 0 Å². The summed E-state index contributed by atoms with van der Waals surface area (Å²) in [6.07, 6.45) is -1.96. The number of halogens is 3. The van der Waals surface area contributed by atoms with E-state index in [4.69, 9.17) is 0 Å². The zero-order valence-electron chi connectivity index (χ0n) is 12.5. The summed E-state index contributed by atoms with van der Waals surface area (Å²) in [6, 6.07) is 7.50. The third-order valence-electron chi connectivity index (χ3n) is 3.15. The van der Waals surface area contributed by atoms with Crippen molar-refractivity contribution in [2.24, 2.45) is 0 Å². The highest BCUT2D eigenvalue weighted by molar-refractivity contribution is 7.90. The van der Waals surface area contributed by atoms with E-state index in [0.29, 0.717) is 5.82 Å². The predicted molar refractivity (Wildman–Crippen MR) is 79.9 cm³/mol. The average Bonchev–Trinajstić information content (AvgIpc) is 2.82. The van der Waals surface area contributed by atoms with Gasteiger partial charge in [0.2, 0.25) is 0 Å². The second-order valence-corrected chi connectivity index (χ2v) is 7.24. The quantitative estimate of drug-likeness (QED) is 0.903. The summed E-state index contributed by atoms with van der Waals surface area (Å²) in [5.41, 5.74) is 0.794. The maximum atomic E-state index is 12.3. The van der Waals surface area contributed by atoms with Crippen LogP contribution in [0.25, 0.3) is 0 Å². The Morgan fingerprint density at radius 3 is 2.35 bits per heavy atom. The van der Waals surface area contributed by atoms with E-state index in [0.717, 1.165) is 16.5 Å². The Morgan fingerprint density at radius 1 is 1.22 bits per heavy atom. The second-order valence-electron chi connectivity index (χ2n) is 5.22. The first kappa shape index (κ1) is 17.3. The van der Waals surface area contributed by atoms with Crippen molar-refractivity contribution in [1.82, 2.24) is 9.78 Å². The molecule has 2 rings (SSSR count). The van der Waals surface area contributed by atoms with Gasteiger partial charge in [0.1, 0.15) is 12.4 Å². The fourth-order valence-corrected chi connectivity index (χ4v) is 2.65. The van der Waals surface area contributed by atoms with Crippen LogP contribution in [0.5, 0.6) is 0 Å². The first-order valence-electron chi connectivity index (χ1n) is 6.71. The van der Waals surface area contributed by atoms with Crippen molar-refractivity contribution >= 4 is 15.7 Å². The zero-order valence-corrected chi connectivity index (χ0v) is 13.3. The topological polar surface area (TPSA) is 64.0 Å². The molecule has 1 aromatic heterocycles. The van der Waals surface area contributed by atoms with Crippen molar-refractivity contribution in [3.05, 3.63) is 42.1 Å². The van der Waals surface area contributed by atoms with Crippen molar-refractivity contribution < 1.29 is 21.6 Å². The van der Waals surface area contributed by atoms with Gasteiger partial charge in [-0.2, -0.15) is 18.3 Å². The van der Waals surface area contributed by atoms with Gasteiger partial charge in [0, 0.05) is 24.6 Å². The highest BCUT2D eigenvalue weighted by Gasteiger charge is 2.28. The van der Waals surface area contributed by atoms with Gasteiger partial charge in [-0.25, -0.2) is 8.42 Å². The van der Waals surface area contributed by atoms with Crippen LogP contribution in [0.2, 0.25) is 0 Å². The van der Waals surface area contributed by atoms with Gasteiger partial charge < -0.3 is 5.32 Å². The van der Waals surface area contributed by atoms with Crippen LogP contribution in [0.1, 0.15) is 18.5 Å². The van der Waals surface area contributed by atoms with Gasteiger partial charge in [0.15, 0.2) is 9.84 Å². The molecular formula is C14H16F3N3O2S. The standard InChI is InChI=1S/C14H16F3N3O2S/c1-10(11-3-5-12(6-4-11)23(2,21)22)18-13-7-8-20(19-13)9-14(15,16)17/h3-8,10H,9H2,1-2H3,(H,18,19)/t10-/m1/s1. The number of nitrogens with one attached hydrogen (secondary N) is 1. The molecule has 2 aromatic rings. The maximum absolute atomic E-state index is 12.3. The Labute approximate surface area is 132 Å². The van der Waals surface area contributed by atoms with Gasteiger partial charge in [-0.15, -0.1) is 0 Å². The van der Waals surface area contributed by atoms with Crippen LogP contribution >= 0.6 is 0 Å². The molecule has 0 saturated carbocycles. The normalized spacial score (nSPS) is 13.8.